The second-order valence-corrected chi connectivity index (χ2v) is 5.74. The summed E-state index contributed by atoms with van der Waals surface area (Å²) in [7, 11) is 0. The Morgan fingerprint density at radius 3 is 2.10 bits per heavy atom. The lowest BCUT2D eigenvalue weighted by molar-refractivity contribution is -0.116. The molecule has 1 N–H and O–H groups in total. The van der Waals surface area contributed by atoms with E-state index in [2.05, 4.69) is 15.9 Å². The summed E-state index contributed by atoms with van der Waals surface area (Å²) in [5.74, 6) is -3.11. The van der Waals surface area contributed by atoms with Crippen molar-refractivity contribution in [1.29, 1.82) is 0 Å². The molecule has 0 aliphatic rings. The Labute approximate surface area is 131 Å². The summed E-state index contributed by atoms with van der Waals surface area (Å²) in [5, 5.41) is 10.4. The van der Waals surface area contributed by atoms with Crippen molar-refractivity contribution in [2.24, 2.45) is 0 Å². The Kier molecular flexibility index (Phi) is 5.48. The largest absolute Gasteiger partial charge is 0.382 e. The highest BCUT2D eigenvalue weighted by molar-refractivity contribution is 9.09. The molecule has 0 radical (unpaired) electrons. The van der Waals surface area contributed by atoms with Crippen LogP contribution in [-0.2, 0) is 0 Å². The van der Waals surface area contributed by atoms with E-state index in [1.807, 2.05) is 30.3 Å². The quantitative estimate of drug-likeness (QED) is 0.707. The molecule has 0 saturated heterocycles. The van der Waals surface area contributed by atoms with Crippen molar-refractivity contribution in [3.05, 3.63) is 60.2 Å². The SMILES string of the molecule is OC(c1ccc(-c2ccccc2)cc1)C(F)(F)CCCBr. The van der Waals surface area contributed by atoms with Crippen LogP contribution in [0, 0.1) is 0 Å². The fourth-order valence-electron chi connectivity index (χ4n) is 2.17. The Hall–Kier alpha value is -1.26. The maximum absolute atomic E-state index is 13.8. The summed E-state index contributed by atoms with van der Waals surface area (Å²) in [6.45, 7) is 0. The zero-order valence-corrected chi connectivity index (χ0v) is 13.1. The van der Waals surface area contributed by atoms with Gasteiger partial charge < -0.3 is 5.11 Å². The topological polar surface area (TPSA) is 20.2 Å². The molecule has 0 aliphatic heterocycles. The molecule has 1 atom stereocenters. The normalized spacial score (nSPS) is 13.1. The maximum Gasteiger partial charge on any atom is 0.277 e. The van der Waals surface area contributed by atoms with E-state index in [9.17, 15) is 13.9 Å². The Morgan fingerprint density at radius 2 is 1.52 bits per heavy atom. The number of aliphatic hydroxyl groups is 1. The summed E-state index contributed by atoms with van der Waals surface area (Å²) in [5.41, 5.74) is 2.20. The van der Waals surface area contributed by atoms with Gasteiger partial charge in [0.15, 0.2) is 0 Å². The third-order valence-corrected chi connectivity index (χ3v) is 3.94. The van der Waals surface area contributed by atoms with Crippen LogP contribution < -0.4 is 0 Å². The molecular formula is C17H17BrF2O. The van der Waals surface area contributed by atoms with Crippen LogP contribution in [0.2, 0.25) is 0 Å². The second-order valence-electron chi connectivity index (χ2n) is 4.94. The summed E-state index contributed by atoms with van der Waals surface area (Å²) in [6, 6.07) is 16.3. The number of alkyl halides is 3. The number of aliphatic hydroxyl groups excluding tert-OH is 1. The molecule has 0 saturated carbocycles. The number of hydrogen-bond acceptors (Lipinski definition) is 1. The average Bonchev–Trinajstić information content (AvgIpc) is 2.53. The Balaban J connectivity index is 2.15. The summed E-state index contributed by atoms with van der Waals surface area (Å²) >= 11 is 3.13. The van der Waals surface area contributed by atoms with E-state index in [0.717, 1.165) is 11.1 Å². The van der Waals surface area contributed by atoms with Crippen molar-refractivity contribution in [3.63, 3.8) is 0 Å². The molecule has 4 heteroatoms. The zero-order chi connectivity index (χ0) is 15.3. The smallest absolute Gasteiger partial charge is 0.277 e. The molecule has 0 bridgehead atoms. The molecule has 0 aromatic heterocycles. The van der Waals surface area contributed by atoms with Gasteiger partial charge in [-0.1, -0.05) is 70.5 Å². The van der Waals surface area contributed by atoms with Crippen molar-refractivity contribution >= 4 is 15.9 Å². The third-order valence-electron chi connectivity index (χ3n) is 3.38. The minimum atomic E-state index is -3.11. The van der Waals surface area contributed by atoms with Crippen LogP contribution in [0.25, 0.3) is 11.1 Å². The van der Waals surface area contributed by atoms with E-state index >= 15 is 0 Å². The second kappa shape index (κ2) is 7.14. The van der Waals surface area contributed by atoms with Crippen LogP contribution in [-0.4, -0.2) is 16.4 Å². The van der Waals surface area contributed by atoms with Gasteiger partial charge in [0.1, 0.15) is 6.10 Å². The van der Waals surface area contributed by atoms with Gasteiger partial charge in [-0.2, -0.15) is 0 Å². The summed E-state index contributed by atoms with van der Waals surface area (Å²) < 4.78 is 27.7. The predicted molar refractivity (Wildman–Crippen MR) is 84.8 cm³/mol. The highest BCUT2D eigenvalue weighted by Gasteiger charge is 2.38. The first kappa shape index (κ1) is 16.1. The third kappa shape index (κ3) is 4.11. The number of rotatable bonds is 6. The van der Waals surface area contributed by atoms with E-state index < -0.39 is 12.0 Å². The van der Waals surface area contributed by atoms with Crippen LogP contribution in [0.15, 0.2) is 54.6 Å². The molecule has 112 valence electrons. The molecule has 0 spiro atoms. The van der Waals surface area contributed by atoms with Gasteiger partial charge in [-0.15, -0.1) is 0 Å². The van der Waals surface area contributed by atoms with E-state index in [1.165, 1.54) is 0 Å². The molecule has 0 fully saturated rings. The standard InChI is InChI=1S/C17H17BrF2O/c18-12-4-11-17(19,20)16(21)15-9-7-14(8-10-15)13-5-2-1-3-6-13/h1-3,5-10,16,21H,4,11-12H2. The highest BCUT2D eigenvalue weighted by atomic mass is 79.9. The van der Waals surface area contributed by atoms with Gasteiger partial charge in [-0.05, 0) is 23.1 Å². The molecule has 21 heavy (non-hydrogen) atoms. The lowest BCUT2D eigenvalue weighted by Gasteiger charge is -2.22. The van der Waals surface area contributed by atoms with Gasteiger partial charge >= 0.3 is 0 Å². The first-order chi connectivity index (χ1) is 10.0. The summed E-state index contributed by atoms with van der Waals surface area (Å²) in [6.07, 6.45) is -1.77. The van der Waals surface area contributed by atoms with Crippen LogP contribution in [0.4, 0.5) is 8.78 Å². The van der Waals surface area contributed by atoms with Crippen molar-refractivity contribution in [2.45, 2.75) is 24.9 Å². The fraction of sp³-hybridized carbons (Fsp3) is 0.294. The van der Waals surface area contributed by atoms with Crippen molar-refractivity contribution in [3.8, 4) is 11.1 Å². The monoisotopic (exact) mass is 354 g/mol. The average molecular weight is 355 g/mol. The fourth-order valence-corrected chi connectivity index (χ4v) is 2.45. The van der Waals surface area contributed by atoms with Crippen LogP contribution in [0.3, 0.4) is 0 Å². The molecule has 1 unspecified atom stereocenters. The van der Waals surface area contributed by atoms with Crippen LogP contribution in [0.5, 0.6) is 0 Å². The molecule has 0 heterocycles. The number of hydrogen-bond donors (Lipinski definition) is 1. The summed E-state index contributed by atoms with van der Waals surface area (Å²) in [4.78, 5) is 0. The number of halogens is 3. The molecule has 2 aromatic carbocycles. The van der Waals surface area contributed by atoms with Crippen molar-refractivity contribution < 1.29 is 13.9 Å². The lowest BCUT2D eigenvalue weighted by Crippen LogP contribution is -2.26. The minimum absolute atomic E-state index is 0.245. The van der Waals surface area contributed by atoms with Crippen LogP contribution >= 0.6 is 15.9 Å². The number of benzene rings is 2. The molecule has 2 aromatic rings. The van der Waals surface area contributed by atoms with Crippen LogP contribution in [0.1, 0.15) is 24.5 Å². The molecule has 1 nitrogen and oxygen atoms in total. The van der Waals surface area contributed by atoms with E-state index in [-0.39, 0.29) is 12.0 Å². The molecular weight excluding hydrogens is 338 g/mol. The van der Waals surface area contributed by atoms with Crippen molar-refractivity contribution in [1.82, 2.24) is 0 Å². The zero-order valence-electron chi connectivity index (χ0n) is 11.5. The maximum atomic E-state index is 13.8. The van der Waals surface area contributed by atoms with Gasteiger partial charge in [0, 0.05) is 11.8 Å². The van der Waals surface area contributed by atoms with E-state index in [0.29, 0.717) is 11.8 Å². The van der Waals surface area contributed by atoms with Gasteiger partial charge in [-0.25, -0.2) is 8.78 Å². The molecule has 0 amide bonds. The van der Waals surface area contributed by atoms with Gasteiger partial charge in [-0.3, -0.25) is 0 Å². The van der Waals surface area contributed by atoms with Gasteiger partial charge in [0.25, 0.3) is 5.92 Å². The Morgan fingerprint density at radius 1 is 0.952 bits per heavy atom. The highest BCUT2D eigenvalue weighted by Crippen LogP contribution is 2.36. The minimum Gasteiger partial charge on any atom is -0.382 e. The first-order valence-corrected chi connectivity index (χ1v) is 7.94. The first-order valence-electron chi connectivity index (χ1n) is 6.82. The predicted octanol–water partition coefficient (Wildman–Crippen LogP) is 5.20. The van der Waals surface area contributed by atoms with E-state index in [4.69, 9.17) is 0 Å². The lowest BCUT2D eigenvalue weighted by atomic mass is 9.97. The van der Waals surface area contributed by atoms with Crippen molar-refractivity contribution in [2.75, 3.05) is 5.33 Å². The van der Waals surface area contributed by atoms with Gasteiger partial charge in [0.05, 0.1) is 0 Å². The molecule has 2 rings (SSSR count). The Bertz CT molecular complexity index is 555. The molecule has 0 aliphatic carbocycles. The van der Waals surface area contributed by atoms with E-state index in [1.54, 1.807) is 24.3 Å². The van der Waals surface area contributed by atoms with Gasteiger partial charge in [0.2, 0.25) is 0 Å².